The largest absolute Gasteiger partial charge is 0.493 e. The average molecular weight is 268 g/mol. The molecule has 0 heterocycles. The maximum atomic E-state index is 8.97. The van der Waals surface area contributed by atoms with E-state index in [-0.39, 0.29) is 0 Å². The quantitative estimate of drug-likeness (QED) is 0.862. The molecule has 102 valence electrons. The molecular formula is C16H16N2O2. The molecule has 0 aliphatic heterocycles. The van der Waals surface area contributed by atoms with Crippen LogP contribution in [0.3, 0.4) is 0 Å². The number of nitrogen functional groups attached to an aromatic ring is 1. The van der Waals surface area contributed by atoms with Crippen molar-refractivity contribution < 1.29 is 9.47 Å². The number of nitriles is 1. The highest BCUT2D eigenvalue weighted by atomic mass is 16.5. The Morgan fingerprint density at radius 3 is 2.60 bits per heavy atom. The van der Waals surface area contributed by atoms with Crippen LogP contribution in [0.4, 0.5) is 5.69 Å². The van der Waals surface area contributed by atoms with Crippen molar-refractivity contribution in [1.29, 1.82) is 5.26 Å². The molecule has 0 fully saturated rings. The van der Waals surface area contributed by atoms with Gasteiger partial charge >= 0.3 is 0 Å². The number of hydrogen-bond acceptors (Lipinski definition) is 4. The number of hydrogen-bond donors (Lipinski definition) is 1. The summed E-state index contributed by atoms with van der Waals surface area (Å²) in [6.07, 6.45) is 0.919. The summed E-state index contributed by atoms with van der Waals surface area (Å²) in [7, 11) is 1.59. The fourth-order valence-corrected chi connectivity index (χ4v) is 1.87. The van der Waals surface area contributed by atoms with Crippen LogP contribution < -0.4 is 15.2 Å². The average Bonchev–Trinajstić information content (AvgIpc) is 2.49. The molecule has 0 amide bonds. The number of anilines is 1. The van der Waals surface area contributed by atoms with E-state index in [2.05, 4.69) is 6.92 Å². The zero-order valence-corrected chi connectivity index (χ0v) is 11.5. The summed E-state index contributed by atoms with van der Waals surface area (Å²) < 4.78 is 11.1. The molecule has 0 aromatic heterocycles. The third kappa shape index (κ3) is 2.67. The number of methoxy groups -OCH3 is 1. The Morgan fingerprint density at radius 2 is 1.95 bits per heavy atom. The fraction of sp³-hybridized carbons (Fsp3) is 0.188. The second-order valence-electron chi connectivity index (χ2n) is 4.27. The van der Waals surface area contributed by atoms with E-state index in [0.717, 1.165) is 12.0 Å². The molecule has 0 spiro atoms. The van der Waals surface area contributed by atoms with Crippen LogP contribution in [0, 0.1) is 11.3 Å². The summed E-state index contributed by atoms with van der Waals surface area (Å²) >= 11 is 0. The van der Waals surface area contributed by atoms with E-state index < -0.39 is 0 Å². The molecule has 0 bridgehead atoms. The minimum absolute atomic E-state index is 0.330. The van der Waals surface area contributed by atoms with E-state index in [1.807, 2.05) is 24.3 Å². The van der Waals surface area contributed by atoms with Crippen molar-refractivity contribution >= 4 is 5.69 Å². The summed E-state index contributed by atoms with van der Waals surface area (Å²) in [5.41, 5.74) is 7.79. The van der Waals surface area contributed by atoms with E-state index in [1.165, 1.54) is 0 Å². The molecule has 2 aromatic carbocycles. The molecular weight excluding hydrogens is 252 g/mol. The molecule has 2 aromatic rings. The Balaban J connectivity index is 2.38. The second-order valence-corrected chi connectivity index (χ2v) is 4.27. The maximum Gasteiger partial charge on any atom is 0.169 e. The lowest BCUT2D eigenvalue weighted by atomic mass is 10.1. The molecule has 0 unspecified atom stereocenters. The predicted octanol–water partition coefficient (Wildman–Crippen LogP) is 3.50. The molecule has 2 N–H and O–H groups in total. The van der Waals surface area contributed by atoms with Crippen LogP contribution in [0.15, 0.2) is 36.4 Å². The van der Waals surface area contributed by atoms with Crippen LogP contribution in [0.1, 0.15) is 18.1 Å². The highest BCUT2D eigenvalue weighted by Gasteiger charge is 2.10. The number of benzene rings is 2. The highest BCUT2D eigenvalue weighted by Crippen LogP contribution is 2.35. The lowest BCUT2D eigenvalue weighted by molar-refractivity contribution is 0.379. The SMILES string of the molecule is CCc1ccc(Oc2cccc(C#N)c2N)c(OC)c1. The topological polar surface area (TPSA) is 68.3 Å². The molecule has 2 rings (SSSR count). The number of aryl methyl sites for hydroxylation is 1. The fourth-order valence-electron chi connectivity index (χ4n) is 1.87. The number of ether oxygens (including phenoxy) is 2. The van der Waals surface area contributed by atoms with E-state index in [9.17, 15) is 0 Å². The molecule has 20 heavy (non-hydrogen) atoms. The van der Waals surface area contributed by atoms with E-state index in [1.54, 1.807) is 25.3 Å². The van der Waals surface area contributed by atoms with Crippen molar-refractivity contribution in [2.75, 3.05) is 12.8 Å². The molecule has 0 saturated carbocycles. The Labute approximate surface area is 118 Å². The molecule has 0 saturated heterocycles. The van der Waals surface area contributed by atoms with Crippen molar-refractivity contribution in [2.24, 2.45) is 0 Å². The summed E-state index contributed by atoms with van der Waals surface area (Å²) in [5, 5.41) is 8.97. The Kier molecular flexibility index (Phi) is 4.11. The van der Waals surface area contributed by atoms with Gasteiger partial charge in [-0.3, -0.25) is 0 Å². The van der Waals surface area contributed by atoms with Gasteiger partial charge in [0.05, 0.1) is 18.4 Å². The summed E-state index contributed by atoms with van der Waals surface area (Å²) in [6.45, 7) is 2.07. The van der Waals surface area contributed by atoms with Crippen LogP contribution in [-0.4, -0.2) is 7.11 Å². The predicted molar refractivity (Wildman–Crippen MR) is 78.0 cm³/mol. The van der Waals surface area contributed by atoms with Gasteiger partial charge in [0.2, 0.25) is 0 Å². The molecule has 4 heteroatoms. The van der Waals surface area contributed by atoms with Gasteiger partial charge in [0.1, 0.15) is 6.07 Å². The van der Waals surface area contributed by atoms with Gasteiger partial charge < -0.3 is 15.2 Å². The molecule has 0 atom stereocenters. The maximum absolute atomic E-state index is 8.97. The Bertz CT molecular complexity index is 660. The van der Waals surface area contributed by atoms with Crippen LogP contribution in [0.2, 0.25) is 0 Å². The monoisotopic (exact) mass is 268 g/mol. The Morgan fingerprint density at radius 1 is 1.15 bits per heavy atom. The van der Waals surface area contributed by atoms with E-state index in [0.29, 0.717) is 28.5 Å². The lowest BCUT2D eigenvalue weighted by Gasteiger charge is -2.13. The Hall–Kier alpha value is -2.67. The van der Waals surface area contributed by atoms with E-state index in [4.69, 9.17) is 20.5 Å². The number of para-hydroxylation sites is 1. The van der Waals surface area contributed by atoms with Crippen LogP contribution in [0.5, 0.6) is 17.2 Å². The molecule has 0 aliphatic carbocycles. The van der Waals surface area contributed by atoms with Gasteiger partial charge in [0.15, 0.2) is 17.2 Å². The first kappa shape index (κ1) is 13.8. The lowest BCUT2D eigenvalue weighted by Crippen LogP contribution is -1.97. The van der Waals surface area contributed by atoms with Crippen LogP contribution in [-0.2, 0) is 6.42 Å². The van der Waals surface area contributed by atoms with Gasteiger partial charge in [0, 0.05) is 0 Å². The van der Waals surface area contributed by atoms with Gasteiger partial charge in [-0.05, 0) is 36.2 Å². The normalized spacial score (nSPS) is 9.85. The number of rotatable bonds is 4. The summed E-state index contributed by atoms with van der Waals surface area (Å²) in [6, 6.07) is 12.9. The first-order chi connectivity index (χ1) is 9.69. The number of nitrogens with zero attached hydrogens (tertiary/aromatic N) is 1. The van der Waals surface area contributed by atoms with Crippen molar-refractivity contribution in [3.63, 3.8) is 0 Å². The van der Waals surface area contributed by atoms with Gasteiger partial charge in [-0.1, -0.05) is 19.1 Å². The smallest absolute Gasteiger partial charge is 0.169 e. The van der Waals surface area contributed by atoms with Crippen molar-refractivity contribution in [3.8, 4) is 23.3 Å². The third-order valence-electron chi connectivity index (χ3n) is 3.04. The zero-order valence-electron chi connectivity index (χ0n) is 11.5. The molecule has 0 radical (unpaired) electrons. The van der Waals surface area contributed by atoms with Gasteiger partial charge in [-0.25, -0.2) is 0 Å². The third-order valence-corrected chi connectivity index (χ3v) is 3.04. The van der Waals surface area contributed by atoms with Crippen molar-refractivity contribution in [3.05, 3.63) is 47.5 Å². The first-order valence-electron chi connectivity index (χ1n) is 6.33. The van der Waals surface area contributed by atoms with Gasteiger partial charge in [-0.2, -0.15) is 5.26 Å². The highest BCUT2D eigenvalue weighted by molar-refractivity contribution is 5.64. The molecule has 4 nitrogen and oxygen atoms in total. The zero-order chi connectivity index (χ0) is 14.5. The molecule has 0 aliphatic rings. The summed E-state index contributed by atoms with van der Waals surface area (Å²) in [4.78, 5) is 0. The van der Waals surface area contributed by atoms with E-state index >= 15 is 0 Å². The minimum atomic E-state index is 0.330. The first-order valence-corrected chi connectivity index (χ1v) is 6.33. The van der Waals surface area contributed by atoms with Gasteiger partial charge in [-0.15, -0.1) is 0 Å². The summed E-state index contributed by atoms with van der Waals surface area (Å²) in [5.74, 6) is 1.67. The van der Waals surface area contributed by atoms with Gasteiger partial charge in [0.25, 0.3) is 0 Å². The van der Waals surface area contributed by atoms with Crippen LogP contribution in [0.25, 0.3) is 0 Å². The number of nitrogens with two attached hydrogens (primary N) is 1. The van der Waals surface area contributed by atoms with Crippen molar-refractivity contribution in [1.82, 2.24) is 0 Å². The van der Waals surface area contributed by atoms with Crippen molar-refractivity contribution in [2.45, 2.75) is 13.3 Å². The minimum Gasteiger partial charge on any atom is -0.493 e. The second kappa shape index (κ2) is 5.98. The standard InChI is InChI=1S/C16H16N2O2/c1-3-11-7-8-13(15(9-11)19-2)20-14-6-4-5-12(10-17)16(14)18/h4-9H,3,18H2,1-2H3. The van der Waals surface area contributed by atoms with Crippen LogP contribution >= 0.6 is 0 Å².